The number of amides is 3. The van der Waals surface area contributed by atoms with E-state index in [1.807, 2.05) is 24.3 Å². The predicted octanol–water partition coefficient (Wildman–Crippen LogP) is 4.78. The van der Waals surface area contributed by atoms with E-state index in [1.54, 1.807) is 24.3 Å². The Hall–Kier alpha value is -3.41. The van der Waals surface area contributed by atoms with Gasteiger partial charge in [0.05, 0.1) is 11.3 Å². The zero-order valence-electron chi connectivity index (χ0n) is 19.7. The highest BCUT2D eigenvalue weighted by molar-refractivity contribution is 6.45. The summed E-state index contributed by atoms with van der Waals surface area (Å²) in [7, 11) is 0. The van der Waals surface area contributed by atoms with Crippen molar-refractivity contribution in [2.45, 2.75) is 46.5 Å². The molecule has 1 fully saturated rings. The summed E-state index contributed by atoms with van der Waals surface area (Å²) in [6.07, 6.45) is 2.11. The molecule has 1 N–H and O–H groups in total. The molecule has 2 aromatic rings. The van der Waals surface area contributed by atoms with Crippen LogP contribution in [0.4, 0.5) is 11.4 Å². The molecule has 0 spiro atoms. The fraction of sp³-hybridized carbons (Fsp3) is 0.370. The zero-order chi connectivity index (χ0) is 23.7. The van der Waals surface area contributed by atoms with E-state index in [9.17, 15) is 14.4 Å². The quantitative estimate of drug-likeness (QED) is 0.672. The Balaban J connectivity index is 1.75. The molecule has 0 bridgehead atoms. The molecule has 1 atom stereocenters. The van der Waals surface area contributed by atoms with Crippen molar-refractivity contribution in [1.82, 2.24) is 4.90 Å². The van der Waals surface area contributed by atoms with E-state index in [4.69, 9.17) is 0 Å². The van der Waals surface area contributed by atoms with Gasteiger partial charge in [0.25, 0.3) is 11.8 Å². The summed E-state index contributed by atoms with van der Waals surface area (Å²) < 4.78 is 0. The second kappa shape index (κ2) is 9.22. The molecule has 0 aliphatic carbocycles. The molecular weight excluding hydrogens is 414 g/mol. The van der Waals surface area contributed by atoms with Crippen LogP contribution in [0, 0.1) is 5.92 Å². The van der Waals surface area contributed by atoms with E-state index in [0.29, 0.717) is 40.0 Å². The third-order valence-electron chi connectivity index (χ3n) is 6.34. The lowest BCUT2D eigenvalue weighted by atomic mass is 9.97. The van der Waals surface area contributed by atoms with E-state index in [0.717, 1.165) is 31.5 Å². The number of imide groups is 1. The number of piperidine rings is 1. The van der Waals surface area contributed by atoms with Crippen LogP contribution in [0.1, 0.15) is 57.6 Å². The summed E-state index contributed by atoms with van der Waals surface area (Å²) >= 11 is 0. The first-order chi connectivity index (χ1) is 15.8. The molecule has 2 aliphatic heterocycles. The fourth-order valence-electron chi connectivity index (χ4n) is 4.63. The van der Waals surface area contributed by atoms with Crippen LogP contribution in [0.25, 0.3) is 5.57 Å². The number of benzene rings is 2. The normalized spacial score (nSPS) is 19.0. The molecule has 1 unspecified atom stereocenters. The maximum atomic E-state index is 13.7. The highest BCUT2D eigenvalue weighted by Gasteiger charge is 2.43. The van der Waals surface area contributed by atoms with E-state index in [-0.39, 0.29) is 17.7 Å². The van der Waals surface area contributed by atoms with Crippen molar-refractivity contribution >= 4 is 34.7 Å². The fourth-order valence-corrected chi connectivity index (χ4v) is 4.63. The smallest absolute Gasteiger partial charge is 0.282 e. The third kappa shape index (κ3) is 4.56. The summed E-state index contributed by atoms with van der Waals surface area (Å²) in [6.45, 7) is 9.36. The van der Waals surface area contributed by atoms with Gasteiger partial charge in [-0.15, -0.1) is 0 Å². The average molecular weight is 446 g/mol. The summed E-state index contributed by atoms with van der Waals surface area (Å²) in [5, 5.41) is 2.74. The topological polar surface area (TPSA) is 69.7 Å². The van der Waals surface area contributed by atoms with Crippen LogP contribution >= 0.6 is 0 Å². The number of carbonyl (C=O) groups is 3. The molecule has 4 rings (SSSR count). The van der Waals surface area contributed by atoms with Crippen molar-refractivity contribution in [1.29, 1.82) is 0 Å². The predicted molar refractivity (Wildman–Crippen MR) is 131 cm³/mol. The molecule has 1 saturated heterocycles. The number of nitrogens with zero attached hydrogens (tertiary/aromatic N) is 2. The Labute approximate surface area is 195 Å². The Bertz CT molecular complexity index is 1100. The van der Waals surface area contributed by atoms with Crippen molar-refractivity contribution in [3.8, 4) is 0 Å². The van der Waals surface area contributed by atoms with Crippen molar-refractivity contribution in [2.75, 3.05) is 23.3 Å². The van der Waals surface area contributed by atoms with Gasteiger partial charge in [-0.25, -0.2) is 4.90 Å². The molecule has 2 heterocycles. The molecule has 6 heteroatoms. The summed E-state index contributed by atoms with van der Waals surface area (Å²) in [6, 6.07) is 14.8. The van der Waals surface area contributed by atoms with Gasteiger partial charge in [0.2, 0.25) is 5.91 Å². The first kappa shape index (κ1) is 22.8. The molecular formula is C27H31N3O3. The molecule has 33 heavy (non-hydrogen) atoms. The number of likely N-dealkylation sites (tertiary alicyclic amines) is 1. The number of anilines is 2. The van der Waals surface area contributed by atoms with Gasteiger partial charge in [0.1, 0.15) is 5.70 Å². The van der Waals surface area contributed by atoms with E-state index in [2.05, 4.69) is 31.0 Å². The minimum Gasteiger partial charge on any atom is -0.366 e. The van der Waals surface area contributed by atoms with Gasteiger partial charge in [0, 0.05) is 25.7 Å². The Morgan fingerprint density at radius 2 is 1.67 bits per heavy atom. The maximum absolute atomic E-state index is 13.7. The minimum absolute atomic E-state index is 0.159. The van der Waals surface area contributed by atoms with Gasteiger partial charge in [-0.2, -0.15) is 0 Å². The lowest BCUT2D eigenvalue weighted by Crippen LogP contribution is -2.39. The largest absolute Gasteiger partial charge is 0.366 e. The molecule has 2 aliphatic rings. The number of rotatable bonds is 5. The number of nitrogens with one attached hydrogen (secondary N) is 1. The standard InChI is InChI=1S/C27H31N3O3/c1-17(2)20-9-13-23(14-10-20)30-26(32)24(21-7-11-22(12-8-21)28-19(4)31)25(27(30)33)29-15-5-6-18(3)16-29/h7-14,17-18H,5-6,15-16H2,1-4H3,(H,28,31). The lowest BCUT2D eigenvalue weighted by molar-refractivity contribution is -0.121. The van der Waals surface area contributed by atoms with E-state index < -0.39 is 0 Å². The first-order valence-corrected chi connectivity index (χ1v) is 11.6. The second-order valence-electron chi connectivity index (χ2n) is 9.37. The molecule has 2 aromatic carbocycles. The van der Waals surface area contributed by atoms with Crippen LogP contribution in [0.15, 0.2) is 54.2 Å². The van der Waals surface area contributed by atoms with Gasteiger partial charge < -0.3 is 10.2 Å². The third-order valence-corrected chi connectivity index (χ3v) is 6.34. The Kier molecular flexibility index (Phi) is 6.36. The molecule has 0 radical (unpaired) electrons. The SMILES string of the molecule is CC(=O)Nc1ccc(C2=C(N3CCCC(C)C3)C(=O)N(c3ccc(C(C)C)cc3)C2=O)cc1. The average Bonchev–Trinajstić information content (AvgIpc) is 3.04. The van der Waals surface area contributed by atoms with Crippen LogP contribution in [0.2, 0.25) is 0 Å². The Morgan fingerprint density at radius 3 is 2.24 bits per heavy atom. The maximum Gasteiger partial charge on any atom is 0.282 e. The molecule has 0 aromatic heterocycles. The molecule has 3 amide bonds. The number of hydrogen-bond donors (Lipinski definition) is 1. The first-order valence-electron chi connectivity index (χ1n) is 11.6. The summed E-state index contributed by atoms with van der Waals surface area (Å²) in [4.78, 5) is 42.1. The summed E-state index contributed by atoms with van der Waals surface area (Å²) in [5.74, 6) is 0.0837. The van der Waals surface area contributed by atoms with Crippen molar-refractivity contribution in [3.05, 3.63) is 65.4 Å². The molecule has 0 saturated carbocycles. The van der Waals surface area contributed by atoms with E-state index in [1.165, 1.54) is 11.8 Å². The van der Waals surface area contributed by atoms with Gasteiger partial charge in [-0.1, -0.05) is 45.0 Å². The molecule has 172 valence electrons. The van der Waals surface area contributed by atoms with Crippen molar-refractivity contribution < 1.29 is 14.4 Å². The van der Waals surface area contributed by atoms with Gasteiger partial charge in [0.15, 0.2) is 0 Å². The molecule has 6 nitrogen and oxygen atoms in total. The lowest BCUT2D eigenvalue weighted by Gasteiger charge is -2.33. The van der Waals surface area contributed by atoms with Gasteiger partial charge in [-0.05, 0) is 60.1 Å². The van der Waals surface area contributed by atoms with Gasteiger partial charge in [-0.3, -0.25) is 14.4 Å². The minimum atomic E-state index is -0.308. The Morgan fingerprint density at radius 1 is 1.00 bits per heavy atom. The van der Waals surface area contributed by atoms with Crippen LogP contribution in [-0.2, 0) is 14.4 Å². The van der Waals surface area contributed by atoms with Crippen LogP contribution < -0.4 is 10.2 Å². The van der Waals surface area contributed by atoms with Crippen molar-refractivity contribution in [2.24, 2.45) is 5.92 Å². The van der Waals surface area contributed by atoms with Crippen LogP contribution in [0.5, 0.6) is 0 Å². The van der Waals surface area contributed by atoms with Crippen LogP contribution in [0.3, 0.4) is 0 Å². The van der Waals surface area contributed by atoms with Crippen LogP contribution in [-0.4, -0.2) is 35.7 Å². The second-order valence-corrected chi connectivity index (χ2v) is 9.37. The zero-order valence-corrected chi connectivity index (χ0v) is 19.7. The number of carbonyl (C=O) groups excluding carboxylic acids is 3. The highest BCUT2D eigenvalue weighted by Crippen LogP contribution is 2.37. The van der Waals surface area contributed by atoms with Gasteiger partial charge >= 0.3 is 0 Å². The highest BCUT2D eigenvalue weighted by atomic mass is 16.2. The monoisotopic (exact) mass is 445 g/mol. The van der Waals surface area contributed by atoms with Crippen molar-refractivity contribution in [3.63, 3.8) is 0 Å². The van der Waals surface area contributed by atoms with E-state index >= 15 is 0 Å². The number of hydrogen-bond acceptors (Lipinski definition) is 4. The summed E-state index contributed by atoms with van der Waals surface area (Å²) in [5.41, 5.74) is 3.98.